The van der Waals surface area contributed by atoms with Crippen LogP contribution in [0.4, 0.5) is 5.82 Å². The van der Waals surface area contributed by atoms with Crippen LogP contribution in [0.5, 0.6) is 5.88 Å². The maximum Gasteiger partial charge on any atom is 0.271 e. The number of morpholine rings is 1. The quantitative estimate of drug-likeness (QED) is 0.659. The van der Waals surface area contributed by atoms with Gasteiger partial charge in [0.15, 0.2) is 6.61 Å². The van der Waals surface area contributed by atoms with Crippen LogP contribution in [0.15, 0.2) is 16.8 Å². The van der Waals surface area contributed by atoms with E-state index in [4.69, 9.17) is 14.0 Å². The van der Waals surface area contributed by atoms with E-state index < -0.39 is 0 Å². The Morgan fingerprint density at radius 2 is 2.17 bits per heavy atom. The molecule has 0 amide bonds. The summed E-state index contributed by atoms with van der Waals surface area (Å²) in [7, 11) is 1.83. The van der Waals surface area contributed by atoms with Crippen LogP contribution in [-0.2, 0) is 18.4 Å². The summed E-state index contributed by atoms with van der Waals surface area (Å²) in [6, 6.07) is 1.82. The van der Waals surface area contributed by atoms with Crippen molar-refractivity contribution in [2.75, 3.05) is 31.2 Å². The molecule has 0 radical (unpaired) electrons. The van der Waals surface area contributed by atoms with Crippen molar-refractivity contribution in [1.82, 2.24) is 28.7 Å². The molecule has 3 aromatic rings. The summed E-state index contributed by atoms with van der Waals surface area (Å²) in [5.41, 5.74) is 0.650. The molecule has 1 saturated heterocycles. The van der Waals surface area contributed by atoms with Crippen molar-refractivity contribution in [3.05, 3.63) is 18.2 Å². The lowest BCUT2D eigenvalue weighted by atomic mass is 10.4. The second kappa shape index (κ2) is 6.53. The third-order valence-electron chi connectivity index (χ3n) is 3.50. The van der Waals surface area contributed by atoms with Gasteiger partial charge >= 0.3 is 0 Å². The molecular formula is C13H15N7O3S. The number of nitrogens with zero attached hydrogens (tertiary/aromatic N) is 7. The number of ether oxygens (including phenoxy) is 2. The van der Waals surface area contributed by atoms with Gasteiger partial charge in [0.05, 0.1) is 24.9 Å². The van der Waals surface area contributed by atoms with Crippen LogP contribution in [0.1, 0.15) is 5.89 Å². The van der Waals surface area contributed by atoms with Crippen molar-refractivity contribution in [2.45, 2.75) is 6.61 Å². The van der Waals surface area contributed by atoms with E-state index in [9.17, 15) is 0 Å². The summed E-state index contributed by atoms with van der Waals surface area (Å²) in [4.78, 5) is 6.37. The molecule has 1 aliphatic rings. The Bertz CT molecular complexity index is 808. The molecule has 1 fully saturated rings. The molecule has 24 heavy (non-hydrogen) atoms. The summed E-state index contributed by atoms with van der Waals surface area (Å²) in [6.07, 6.45) is 1.82. The summed E-state index contributed by atoms with van der Waals surface area (Å²) < 4.78 is 26.4. The largest absolute Gasteiger partial charge is 0.464 e. The predicted molar refractivity (Wildman–Crippen MR) is 83.8 cm³/mol. The molecule has 0 aromatic carbocycles. The summed E-state index contributed by atoms with van der Waals surface area (Å²) >= 11 is 1.11. The minimum absolute atomic E-state index is 0.128. The van der Waals surface area contributed by atoms with E-state index in [1.807, 2.05) is 19.3 Å². The smallest absolute Gasteiger partial charge is 0.271 e. The molecule has 126 valence electrons. The molecule has 4 heterocycles. The van der Waals surface area contributed by atoms with E-state index in [0.717, 1.165) is 30.6 Å². The van der Waals surface area contributed by atoms with Gasteiger partial charge in [-0.25, -0.2) is 0 Å². The first-order valence-electron chi connectivity index (χ1n) is 7.40. The molecule has 0 saturated carbocycles. The molecule has 1 aliphatic heterocycles. The summed E-state index contributed by atoms with van der Waals surface area (Å²) in [6.45, 7) is 3.02. The second-order valence-electron chi connectivity index (χ2n) is 5.17. The van der Waals surface area contributed by atoms with Crippen molar-refractivity contribution >= 4 is 17.5 Å². The van der Waals surface area contributed by atoms with Crippen molar-refractivity contribution in [3.8, 4) is 17.4 Å². The van der Waals surface area contributed by atoms with Crippen LogP contribution in [-0.4, -0.2) is 55.0 Å². The molecule has 0 unspecified atom stereocenters. The predicted octanol–water partition coefficient (Wildman–Crippen LogP) is 0.737. The lowest BCUT2D eigenvalue weighted by molar-refractivity contribution is 0.122. The molecule has 11 heteroatoms. The zero-order valence-corrected chi connectivity index (χ0v) is 13.8. The van der Waals surface area contributed by atoms with E-state index in [2.05, 4.69) is 28.9 Å². The standard InChI is InChI=1S/C13H15N7O3S/c1-19-3-2-9(15-19)11-14-10(23-16-11)8-22-13-12(17-24-18-13)20-4-6-21-7-5-20/h2-3H,4-8H2,1H3. The van der Waals surface area contributed by atoms with Gasteiger partial charge < -0.3 is 18.9 Å². The average molecular weight is 349 g/mol. The van der Waals surface area contributed by atoms with E-state index in [0.29, 0.717) is 36.5 Å². The Hall–Kier alpha value is -2.53. The topological polar surface area (TPSA) is 104 Å². The first-order chi connectivity index (χ1) is 11.8. The van der Waals surface area contributed by atoms with Crippen LogP contribution in [0.3, 0.4) is 0 Å². The number of aryl methyl sites for hydroxylation is 1. The highest BCUT2D eigenvalue weighted by atomic mass is 32.1. The first-order valence-corrected chi connectivity index (χ1v) is 8.13. The SMILES string of the molecule is Cn1ccc(-c2noc(COc3nsnc3N3CCOCC3)n2)n1. The van der Waals surface area contributed by atoms with Crippen molar-refractivity contribution in [1.29, 1.82) is 0 Å². The first kappa shape index (κ1) is 15.0. The zero-order chi connectivity index (χ0) is 16.4. The Morgan fingerprint density at radius 1 is 1.29 bits per heavy atom. The fourth-order valence-electron chi connectivity index (χ4n) is 2.32. The van der Waals surface area contributed by atoms with Gasteiger partial charge in [-0.05, 0) is 6.07 Å². The molecule has 0 bridgehead atoms. The average Bonchev–Trinajstić information content (AvgIpc) is 3.34. The monoisotopic (exact) mass is 349 g/mol. The minimum atomic E-state index is 0.128. The Balaban J connectivity index is 1.42. The van der Waals surface area contributed by atoms with Crippen LogP contribution >= 0.6 is 11.7 Å². The van der Waals surface area contributed by atoms with Crippen LogP contribution in [0, 0.1) is 0 Å². The number of hydrogen-bond acceptors (Lipinski definition) is 10. The van der Waals surface area contributed by atoms with Gasteiger partial charge in [-0.1, -0.05) is 5.16 Å². The molecular weight excluding hydrogens is 334 g/mol. The second-order valence-corrected chi connectivity index (χ2v) is 5.70. The Kier molecular flexibility index (Phi) is 4.09. The zero-order valence-electron chi connectivity index (χ0n) is 13.0. The van der Waals surface area contributed by atoms with Gasteiger partial charge in [0.2, 0.25) is 11.6 Å². The number of rotatable bonds is 5. The summed E-state index contributed by atoms with van der Waals surface area (Å²) in [5, 5.41) is 8.14. The Morgan fingerprint density at radius 3 is 2.96 bits per heavy atom. The van der Waals surface area contributed by atoms with Gasteiger partial charge in [0.25, 0.3) is 11.8 Å². The van der Waals surface area contributed by atoms with Crippen LogP contribution in [0.25, 0.3) is 11.5 Å². The van der Waals surface area contributed by atoms with E-state index in [1.165, 1.54) is 0 Å². The van der Waals surface area contributed by atoms with Crippen molar-refractivity contribution in [3.63, 3.8) is 0 Å². The van der Waals surface area contributed by atoms with Gasteiger partial charge in [0, 0.05) is 26.3 Å². The highest BCUT2D eigenvalue weighted by Gasteiger charge is 2.20. The fraction of sp³-hybridized carbons (Fsp3) is 0.462. The third kappa shape index (κ3) is 3.08. The number of hydrogen-bond donors (Lipinski definition) is 0. The van der Waals surface area contributed by atoms with Crippen molar-refractivity contribution < 1.29 is 14.0 Å². The normalized spacial score (nSPS) is 15.0. The molecule has 0 spiro atoms. The lowest BCUT2D eigenvalue weighted by Crippen LogP contribution is -2.36. The highest BCUT2D eigenvalue weighted by molar-refractivity contribution is 6.99. The fourth-order valence-corrected chi connectivity index (χ4v) is 2.84. The Labute approximate surface area is 141 Å². The van der Waals surface area contributed by atoms with Gasteiger partial charge in [-0.2, -0.15) is 14.5 Å². The third-order valence-corrected chi connectivity index (χ3v) is 4.00. The maximum atomic E-state index is 5.70. The van der Waals surface area contributed by atoms with E-state index in [1.54, 1.807) is 4.68 Å². The highest BCUT2D eigenvalue weighted by Crippen LogP contribution is 2.27. The van der Waals surface area contributed by atoms with Gasteiger partial charge in [0.1, 0.15) is 5.69 Å². The van der Waals surface area contributed by atoms with Gasteiger partial charge in [-0.15, -0.1) is 4.37 Å². The molecule has 0 aliphatic carbocycles. The maximum absolute atomic E-state index is 5.70. The van der Waals surface area contributed by atoms with E-state index >= 15 is 0 Å². The number of aromatic nitrogens is 6. The van der Waals surface area contributed by atoms with Crippen molar-refractivity contribution in [2.24, 2.45) is 7.05 Å². The molecule has 10 nitrogen and oxygen atoms in total. The molecule has 3 aromatic heterocycles. The van der Waals surface area contributed by atoms with Gasteiger partial charge in [-0.3, -0.25) is 4.68 Å². The van der Waals surface area contributed by atoms with E-state index in [-0.39, 0.29) is 6.61 Å². The number of anilines is 1. The molecule has 0 atom stereocenters. The molecule has 0 N–H and O–H groups in total. The lowest BCUT2D eigenvalue weighted by Gasteiger charge is -2.26. The summed E-state index contributed by atoms with van der Waals surface area (Å²) in [5.74, 6) is 1.99. The van der Waals surface area contributed by atoms with Crippen LogP contribution in [0.2, 0.25) is 0 Å². The van der Waals surface area contributed by atoms with Crippen LogP contribution < -0.4 is 9.64 Å². The molecule has 4 rings (SSSR count). The minimum Gasteiger partial charge on any atom is -0.464 e.